The Morgan fingerprint density at radius 1 is 1.22 bits per heavy atom. The van der Waals surface area contributed by atoms with Gasteiger partial charge in [-0.3, -0.25) is 9.89 Å². The molecule has 6 heteroatoms. The number of aromatic nitrogens is 2. The van der Waals surface area contributed by atoms with E-state index < -0.39 is 0 Å². The monoisotopic (exact) mass is 424 g/mol. The number of hydrazone groups is 1. The van der Waals surface area contributed by atoms with E-state index in [0.717, 1.165) is 27.7 Å². The fourth-order valence-electron chi connectivity index (χ4n) is 2.68. The van der Waals surface area contributed by atoms with Gasteiger partial charge in [0.1, 0.15) is 5.69 Å². The second-order valence-corrected chi connectivity index (χ2v) is 7.63. The molecule has 0 fully saturated rings. The average Bonchev–Trinajstić information content (AvgIpc) is 3.12. The Bertz CT molecular complexity index is 945. The summed E-state index contributed by atoms with van der Waals surface area (Å²) in [4.78, 5) is 12.2. The summed E-state index contributed by atoms with van der Waals surface area (Å²) in [6, 6.07) is 17.6. The van der Waals surface area contributed by atoms with E-state index in [1.807, 2.05) is 36.4 Å². The van der Waals surface area contributed by atoms with Crippen LogP contribution in [0.1, 0.15) is 35.5 Å². The Labute approximate surface area is 167 Å². The van der Waals surface area contributed by atoms with Crippen LogP contribution in [0.4, 0.5) is 0 Å². The van der Waals surface area contributed by atoms with Crippen LogP contribution in [-0.2, 0) is 6.42 Å². The number of rotatable bonds is 6. The van der Waals surface area contributed by atoms with E-state index >= 15 is 0 Å². The number of aromatic amines is 1. The molecule has 1 aromatic heterocycles. The number of amides is 1. The first-order valence-corrected chi connectivity index (χ1v) is 9.54. The van der Waals surface area contributed by atoms with Gasteiger partial charge in [-0.2, -0.15) is 10.2 Å². The molecule has 3 aromatic rings. The Balaban J connectivity index is 1.63. The molecule has 3 rings (SSSR count). The summed E-state index contributed by atoms with van der Waals surface area (Å²) in [6.45, 7) is 4.40. The summed E-state index contributed by atoms with van der Waals surface area (Å²) >= 11 is 3.40. The molecule has 0 aliphatic heterocycles. The summed E-state index contributed by atoms with van der Waals surface area (Å²) in [7, 11) is 0. The second-order valence-electron chi connectivity index (χ2n) is 6.72. The maximum atomic E-state index is 12.2. The fourth-order valence-corrected chi connectivity index (χ4v) is 3.10. The topological polar surface area (TPSA) is 70.1 Å². The van der Waals surface area contributed by atoms with Crippen molar-refractivity contribution in [3.63, 3.8) is 0 Å². The van der Waals surface area contributed by atoms with Crippen LogP contribution < -0.4 is 5.43 Å². The highest BCUT2D eigenvalue weighted by Gasteiger charge is 2.10. The molecule has 138 valence electrons. The maximum absolute atomic E-state index is 12.2. The first-order valence-electron chi connectivity index (χ1n) is 8.75. The van der Waals surface area contributed by atoms with E-state index in [1.54, 1.807) is 12.3 Å². The quantitative estimate of drug-likeness (QED) is 0.440. The lowest BCUT2D eigenvalue weighted by Gasteiger charge is -2.05. The molecule has 5 nitrogen and oxygen atoms in total. The Morgan fingerprint density at radius 2 is 2.00 bits per heavy atom. The third kappa shape index (κ3) is 5.37. The van der Waals surface area contributed by atoms with E-state index in [2.05, 4.69) is 62.6 Å². The molecule has 0 unspecified atom stereocenters. The van der Waals surface area contributed by atoms with Gasteiger partial charge in [0.05, 0.1) is 11.9 Å². The minimum atomic E-state index is -0.337. The lowest BCUT2D eigenvalue weighted by Crippen LogP contribution is -2.17. The van der Waals surface area contributed by atoms with E-state index in [9.17, 15) is 4.79 Å². The van der Waals surface area contributed by atoms with Crippen LogP contribution >= 0.6 is 15.9 Å². The highest BCUT2D eigenvalue weighted by molar-refractivity contribution is 9.10. The number of carbonyl (C=O) groups is 1. The first kappa shape index (κ1) is 19.0. The zero-order valence-electron chi connectivity index (χ0n) is 15.2. The van der Waals surface area contributed by atoms with Crippen LogP contribution in [0.2, 0.25) is 0 Å². The van der Waals surface area contributed by atoms with E-state index in [-0.39, 0.29) is 5.91 Å². The smallest absolute Gasteiger partial charge is 0.272 e. The molecule has 0 aliphatic rings. The minimum Gasteiger partial charge on any atom is -0.272 e. The summed E-state index contributed by atoms with van der Waals surface area (Å²) in [6.07, 6.45) is 2.64. The van der Waals surface area contributed by atoms with Crippen molar-refractivity contribution < 1.29 is 4.79 Å². The van der Waals surface area contributed by atoms with Crippen molar-refractivity contribution in [3.05, 3.63) is 75.9 Å². The Kier molecular flexibility index (Phi) is 6.19. The van der Waals surface area contributed by atoms with E-state index in [1.165, 1.54) is 5.56 Å². The van der Waals surface area contributed by atoms with Gasteiger partial charge in [0, 0.05) is 10.0 Å². The van der Waals surface area contributed by atoms with Crippen molar-refractivity contribution in [1.29, 1.82) is 0 Å². The van der Waals surface area contributed by atoms with Gasteiger partial charge in [0.25, 0.3) is 5.91 Å². The molecule has 0 radical (unpaired) electrons. The molecular formula is C21H21BrN4O. The molecular weight excluding hydrogens is 404 g/mol. The molecule has 0 bridgehead atoms. The largest absolute Gasteiger partial charge is 0.289 e. The van der Waals surface area contributed by atoms with Crippen LogP contribution in [0.15, 0.2) is 64.2 Å². The van der Waals surface area contributed by atoms with E-state index in [0.29, 0.717) is 11.6 Å². The zero-order chi connectivity index (χ0) is 19.2. The van der Waals surface area contributed by atoms with Crippen molar-refractivity contribution in [2.24, 2.45) is 11.0 Å². The van der Waals surface area contributed by atoms with Crippen LogP contribution in [0.5, 0.6) is 0 Å². The predicted octanol–water partition coefficient (Wildman–Crippen LogP) is 4.80. The van der Waals surface area contributed by atoms with Crippen LogP contribution in [0, 0.1) is 5.92 Å². The van der Waals surface area contributed by atoms with Crippen LogP contribution in [0.3, 0.4) is 0 Å². The molecule has 2 N–H and O–H groups in total. The van der Waals surface area contributed by atoms with Gasteiger partial charge in [0.2, 0.25) is 0 Å². The van der Waals surface area contributed by atoms with Gasteiger partial charge < -0.3 is 0 Å². The third-order valence-electron chi connectivity index (χ3n) is 3.94. The van der Waals surface area contributed by atoms with Gasteiger partial charge in [-0.15, -0.1) is 0 Å². The molecule has 0 atom stereocenters. The van der Waals surface area contributed by atoms with Gasteiger partial charge in [-0.05, 0) is 41.7 Å². The molecule has 0 saturated heterocycles. The van der Waals surface area contributed by atoms with Crippen molar-refractivity contribution in [2.45, 2.75) is 20.3 Å². The minimum absolute atomic E-state index is 0.337. The number of halogens is 1. The highest BCUT2D eigenvalue weighted by atomic mass is 79.9. The van der Waals surface area contributed by atoms with Crippen LogP contribution in [0.25, 0.3) is 11.3 Å². The van der Waals surface area contributed by atoms with Crippen molar-refractivity contribution >= 4 is 28.1 Å². The molecule has 1 amide bonds. The highest BCUT2D eigenvalue weighted by Crippen LogP contribution is 2.19. The molecule has 1 heterocycles. The maximum Gasteiger partial charge on any atom is 0.289 e. The first-order chi connectivity index (χ1) is 13.0. The second kappa shape index (κ2) is 8.77. The molecule has 0 aliphatic carbocycles. The number of benzene rings is 2. The summed E-state index contributed by atoms with van der Waals surface area (Å²) in [5.41, 5.74) is 6.75. The van der Waals surface area contributed by atoms with E-state index in [4.69, 9.17) is 0 Å². The summed E-state index contributed by atoms with van der Waals surface area (Å²) in [5.74, 6) is 0.283. The lowest BCUT2D eigenvalue weighted by atomic mass is 10.0. The van der Waals surface area contributed by atoms with Crippen molar-refractivity contribution in [2.75, 3.05) is 0 Å². The Morgan fingerprint density at radius 3 is 2.70 bits per heavy atom. The predicted molar refractivity (Wildman–Crippen MR) is 112 cm³/mol. The number of nitrogens with one attached hydrogen (secondary N) is 2. The average molecular weight is 425 g/mol. The summed E-state index contributed by atoms with van der Waals surface area (Å²) < 4.78 is 0.954. The molecule has 27 heavy (non-hydrogen) atoms. The third-order valence-corrected chi connectivity index (χ3v) is 4.44. The fraction of sp³-hybridized carbons (Fsp3) is 0.190. The van der Waals surface area contributed by atoms with Gasteiger partial charge >= 0.3 is 0 Å². The SMILES string of the molecule is CC(C)Cc1ccc(-c2cc(C(=O)N/N=C/c3cccc(Br)c3)[nH]n2)cc1. The number of carbonyl (C=O) groups excluding carboxylic acids is 1. The van der Waals surface area contributed by atoms with Crippen molar-refractivity contribution in [1.82, 2.24) is 15.6 Å². The number of H-pyrrole nitrogens is 1. The molecule has 0 saturated carbocycles. The van der Waals surface area contributed by atoms with Gasteiger partial charge in [-0.1, -0.05) is 66.2 Å². The summed E-state index contributed by atoms with van der Waals surface area (Å²) in [5, 5.41) is 11.0. The number of nitrogens with zero attached hydrogens (tertiary/aromatic N) is 2. The lowest BCUT2D eigenvalue weighted by molar-refractivity contribution is 0.0950. The zero-order valence-corrected chi connectivity index (χ0v) is 16.8. The Hall–Kier alpha value is -2.73. The normalized spacial score (nSPS) is 11.3. The van der Waals surface area contributed by atoms with Crippen LogP contribution in [-0.4, -0.2) is 22.3 Å². The number of hydrogen-bond acceptors (Lipinski definition) is 3. The standard InChI is InChI=1S/C21H21BrN4O/c1-14(2)10-15-6-8-17(9-7-15)19-12-20(25-24-19)21(27)26-23-13-16-4-3-5-18(22)11-16/h3-9,11-14H,10H2,1-2H3,(H,24,25)(H,26,27)/b23-13+. The molecule has 0 spiro atoms. The van der Waals surface area contributed by atoms with Gasteiger partial charge in [-0.25, -0.2) is 5.43 Å². The van der Waals surface area contributed by atoms with Gasteiger partial charge in [0.15, 0.2) is 0 Å². The molecule has 2 aromatic carbocycles. The van der Waals surface area contributed by atoms with Crippen molar-refractivity contribution in [3.8, 4) is 11.3 Å². The number of hydrogen-bond donors (Lipinski definition) is 2.